The molecule has 4 heterocycles. The monoisotopic (exact) mass is 853 g/mol. The molecule has 4 saturated heterocycles. The van der Waals surface area contributed by atoms with Crippen LogP contribution in [0.2, 0.25) is 0 Å². The van der Waals surface area contributed by atoms with Crippen LogP contribution in [-0.4, -0.2) is 105 Å². The summed E-state index contributed by atoms with van der Waals surface area (Å²) in [5.74, 6) is 0. The molecule has 6 heteroatoms. The van der Waals surface area contributed by atoms with Crippen molar-refractivity contribution in [1.82, 2.24) is 19.6 Å². The lowest BCUT2D eigenvalue weighted by molar-refractivity contribution is 0.0295. The second-order valence-corrected chi connectivity index (χ2v) is 14.8. The number of piperidine rings is 2. The molecule has 59 heavy (non-hydrogen) atoms. The number of likely N-dealkylation sites (tertiary alicyclic amines) is 4. The number of nitrogens with zero attached hydrogens (tertiary/aromatic N) is 4. The number of ether oxygens (including phenoxy) is 1. The Kier molecular flexibility index (Phi) is 99.5. The molecule has 6 aliphatic rings. The molecular weight excluding hydrogens is 725 g/mol. The van der Waals surface area contributed by atoms with Crippen LogP contribution in [0.1, 0.15) is 268 Å². The van der Waals surface area contributed by atoms with Crippen molar-refractivity contribution in [2.24, 2.45) is 0 Å². The van der Waals surface area contributed by atoms with Crippen LogP contribution in [0, 0.1) is 0 Å². The molecule has 6 rings (SSSR count). The predicted octanol–water partition coefficient (Wildman–Crippen LogP) is 17.9. The Labute approximate surface area is 381 Å². The summed E-state index contributed by atoms with van der Waals surface area (Å²) in [6.07, 6.45) is 29.9. The largest absolute Gasteiger partial charge is 0.444 e. The molecule has 0 N–H and O–H groups in total. The molecule has 6 fully saturated rings. The van der Waals surface area contributed by atoms with E-state index in [-0.39, 0.29) is 41.4 Å². The van der Waals surface area contributed by atoms with Gasteiger partial charge in [0.15, 0.2) is 0 Å². The lowest BCUT2D eigenvalue weighted by Gasteiger charge is -2.23. The maximum atomic E-state index is 11.4. The van der Waals surface area contributed by atoms with Crippen molar-refractivity contribution in [1.29, 1.82) is 0 Å². The van der Waals surface area contributed by atoms with Gasteiger partial charge in [-0.2, -0.15) is 0 Å². The van der Waals surface area contributed by atoms with Crippen molar-refractivity contribution in [2.45, 2.75) is 274 Å². The molecule has 0 radical (unpaired) electrons. The van der Waals surface area contributed by atoms with Crippen LogP contribution in [0.15, 0.2) is 0 Å². The average Bonchev–Trinajstić information content (AvgIpc) is 4.09. The molecule has 372 valence electrons. The first-order valence-electron chi connectivity index (χ1n) is 24.7. The Morgan fingerprint density at radius 2 is 0.475 bits per heavy atom. The van der Waals surface area contributed by atoms with Gasteiger partial charge >= 0.3 is 6.09 Å². The van der Waals surface area contributed by atoms with E-state index in [0.29, 0.717) is 0 Å². The van der Waals surface area contributed by atoms with E-state index in [1.165, 1.54) is 161 Å². The third-order valence-corrected chi connectivity index (χ3v) is 9.00. The molecule has 0 unspecified atom stereocenters. The molecule has 0 atom stereocenters. The van der Waals surface area contributed by atoms with E-state index >= 15 is 0 Å². The number of hydrogen-bond acceptors (Lipinski definition) is 5. The molecule has 0 aromatic heterocycles. The summed E-state index contributed by atoms with van der Waals surface area (Å²) >= 11 is 0. The number of carbonyl (C=O) groups excluding carboxylic acids is 1. The van der Waals surface area contributed by atoms with E-state index in [9.17, 15) is 4.79 Å². The molecule has 0 bridgehead atoms. The molecule has 0 spiro atoms. The highest BCUT2D eigenvalue weighted by molar-refractivity contribution is 5.68. The van der Waals surface area contributed by atoms with E-state index in [2.05, 4.69) is 35.8 Å². The third-order valence-electron chi connectivity index (χ3n) is 9.00. The van der Waals surface area contributed by atoms with Crippen LogP contribution in [0.5, 0.6) is 0 Å². The highest BCUT2D eigenvalue weighted by Gasteiger charge is 2.23. The topological polar surface area (TPSA) is 39.3 Å². The molecule has 4 aliphatic heterocycles. The fourth-order valence-electron chi connectivity index (χ4n) is 6.15. The van der Waals surface area contributed by atoms with E-state index in [0.717, 1.165) is 25.9 Å². The standard InChI is InChI=1S/C9H17NO2.2C6H13N.C6H12.C5H11N.C5H10.6C2H6.4CH4/c1-9(2,3)12-8(11)10-6-4-5-7-10;2*1-7-5-3-2-4-6-7;1-2-4-6-5-3-1;1-6-4-2-3-5-6;1-2-4-5-3-1;6*1-2;;;;/h4-7H2,1-3H3;2*2-6H2,1H3;1-6H2;2-5H2,1H3;1-5H2;6*1-2H3;4*1H4. The molecule has 6 nitrogen and oxygen atoms in total. The second-order valence-electron chi connectivity index (χ2n) is 14.8. The van der Waals surface area contributed by atoms with Crippen molar-refractivity contribution in [3.8, 4) is 0 Å². The van der Waals surface area contributed by atoms with Crippen LogP contribution < -0.4 is 0 Å². The van der Waals surface area contributed by atoms with Crippen molar-refractivity contribution in [3.63, 3.8) is 0 Å². The van der Waals surface area contributed by atoms with Gasteiger partial charge in [-0.15, -0.1) is 0 Å². The zero-order valence-corrected chi connectivity index (χ0v) is 42.1. The van der Waals surface area contributed by atoms with Crippen molar-refractivity contribution >= 4 is 6.09 Å². The maximum Gasteiger partial charge on any atom is 0.410 e. The minimum atomic E-state index is -0.361. The van der Waals surface area contributed by atoms with E-state index in [1.807, 2.05) is 104 Å². The minimum Gasteiger partial charge on any atom is -0.444 e. The second kappa shape index (κ2) is 71.6. The molecule has 2 saturated carbocycles. The van der Waals surface area contributed by atoms with Crippen molar-refractivity contribution < 1.29 is 9.53 Å². The Morgan fingerprint density at radius 3 is 0.610 bits per heavy atom. The first-order valence-corrected chi connectivity index (χ1v) is 24.7. The number of carbonyl (C=O) groups is 1. The number of amides is 1. The van der Waals surface area contributed by atoms with Gasteiger partial charge in [0.05, 0.1) is 0 Å². The summed E-state index contributed by atoms with van der Waals surface area (Å²) in [6, 6.07) is 0. The van der Waals surface area contributed by atoms with Gasteiger partial charge in [-0.1, -0.05) is 196 Å². The van der Waals surface area contributed by atoms with Crippen LogP contribution in [-0.2, 0) is 4.74 Å². The summed E-state index contributed by atoms with van der Waals surface area (Å²) in [7, 11) is 6.56. The van der Waals surface area contributed by atoms with Crippen molar-refractivity contribution in [2.75, 3.05) is 73.5 Å². The number of rotatable bonds is 0. The van der Waals surface area contributed by atoms with Gasteiger partial charge in [0.2, 0.25) is 0 Å². The molecule has 0 aromatic rings. The van der Waals surface area contributed by atoms with E-state index in [4.69, 9.17) is 4.74 Å². The van der Waals surface area contributed by atoms with Crippen molar-refractivity contribution in [3.05, 3.63) is 0 Å². The van der Waals surface area contributed by atoms with Gasteiger partial charge in [0.25, 0.3) is 0 Å². The molecule has 0 aromatic carbocycles. The van der Waals surface area contributed by atoms with E-state index < -0.39 is 0 Å². The van der Waals surface area contributed by atoms with Gasteiger partial charge in [0, 0.05) is 13.1 Å². The SMILES string of the molecule is C.C.C.C.C1CCCC1.C1CCCCC1.CC.CC.CC.CC.CC.CC.CC(C)(C)OC(=O)N1CCCC1.CN1CCCC1.CN1CCCCC1.CN1CCCCC1. The smallest absolute Gasteiger partial charge is 0.410 e. The molecule has 1 amide bonds. The first kappa shape index (κ1) is 81.9. The first-order chi connectivity index (χ1) is 26.7. The van der Waals surface area contributed by atoms with E-state index in [1.54, 1.807) is 4.90 Å². The van der Waals surface area contributed by atoms with Crippen LogP contribution in [0.25, 0.3) is 0 Å². The van der Waals surface area contributed by atoms with Crippen LogP contribution in [0.3, 0.4) is 0 Å². The Hall–Kier alpha value is -0.850. The number of hydrogen-bond donors (Lipinski definition) is 0. The summed E-state index contributed by atoms with van der Waals surface area (Å²) in [6.45, 7) is 39.3. The fourth-order valence-corrected chi connectivity index (χ4v) is 6.15. The normalized spacial score (nSPS) is 17.4. The van der Waals surface area contributed by atoms with Gasteiger partial charge in [-0.05, 0) is 133 Å². The zero-order chi connectivity index (χ0) is 43.6. The predicted molar refractivity (Wildman–Crippen MR) is 282 cm³/mol. The van der Waals surface area contributed by atoms with Gasteiger partial charge in [0.1, 0.15) is 5.60 Å². The van der Waals surface area contributed by atoms with Gasteiger partial charge in [-0.3, -0.25) is 0 Å². The van der Waals surface area contributed by atoms with Crippen LogP contribution >= 0.6 is 0 Å². The Morgan fingerprint density at radius 1 is 0.322 bits per heavy atom. The quantitative estimate of drug-likeness (QED) is 0.243. The summed E-state index contributed by atoms with van der Waals surface area (Å²) in [4.78, 5) is 20.3. The summed E-state index contributed by atoms with van der Waals surface area (Å²) in [5.41, 5.74) is -0.361. The Balaban J connectivity index is -0.0000000581. The molecular formula is C53H128N4O2. The van der Waals surface area contributed by atoms with Crippen LogP contribution in [0.4, 0.5) is 4.79 Å². The molecule has 2 aliphatic carbocycles. The fraction of sp³-hybridized carbons (Fsp3) is 0.981. The summed E-state index contributed by atoms with van der Waals surface area (Å²) in [5, 5.41) is 0. The summed E-state index contributed by atoms with van der Waals surface area (Å²) < 4.78 is 5.21. The lowest BCUT2D eigenvalue weighted by atomic mass is 10.0. The zero-order valence-electron chi connectivity index (χ0n) is 42.1. The highest BCUT2D eigenvalue weighted by Crippen LogP contribution is 2.16. The average molecular weight is 854 g/mol. The lowest BCUT2D eigenvalue weighted by Crippen LogP contribution is -2.34. The maximum absolute atomic E-state index is 11.4. The van der Waals surface area contributed by atoms with Gasteiger partial charge in [-0.25, -0.2) is 4.79 Å². The Bertz CT molecular complexity index is 574. The van der Waals surface area contributed by atoms with Gasteiger partial charge < -0.3 is 24.3 Å². The highest BCUT2D eigenvalue weighted by atomic mass is 16.6. The third kappa shape index (κ3) is 72.0. The minimum absolute atomic E-state index is 0.